The summed E-state index contributed by atoms with van der Waals surface area (Å²) in [5.41, 5.74) is 0.535. The molecule has 1 aromatic carbocycles. The van der Waals surface area contributed by atoms with E-state index in [-0.39, 0.29) is 0 Å². The van der Waals surface area contributed by atoms with Crippen molar-refractivity contribution in [2.75, 3.05) is 6.26 Å². The highest BCUT2D eigenvalue weighted by atomic mass is 32.2. The lowest BCUT2D eigenvalue weighted by atomic mass is 9.77. The van der Waals surface area contributed by atoms with Crippen molar-refractivity contribution >= 4 is 35.1 Å². The Bertz CT molecular complexity index is 490. The summed E-state index contributed by atoms with van der Waals surface area (Å²) >= 11 is 1.49. The van der Waals surface area contributed by atoms with E-state index in [0.717, 1.165) is 15.7 Å². The topological polar surface area (TPSA) is 53.4 Å². The smallest absolute Gasteiger partial charge is 0.423 e. The third-order valence-electron chi connectivity index (χ3n) is 2.30. The lowest BCUT2D eigenvalue weighted by Gasteiger charge is -2.09. The first-order chi connectivity index (χ1) is 7.24. The van der Waals surface area contributed by atoms with E-state index in [1.54, 1.807) is 12.4 Å². The molecule has 0 aliphatic rings. The van der Waals surface area contributed by atoms with E-state index in [1.165, 1.54) is 11.8 Å². The van der Waals surface area contributed by atoms with E-state index in [2.05, 4.69) is 4.98 Å². The zero-order chi connectivity index (χ0) is 10.8. The molecular formula is C10H10BNO2S. The Hall–Kier alpha value is -1.04. The first-order valence-corrected chi connectivity index (χ1v) is 5.73. The fourth-order valence-electron chi connectivity index (χ4n) is 1.61. The quantitative estimate of drug-likeness (QED) is 0.574. The standard InChI is InChI=1S/C10H10BNO2S/c1-15-9-3-2-7-4-5-12-6-8(7)10(9)11(13)14/h2-6,13-14H,1H3. The van der Waals surface area contributed by atoms with E-state index in [9.17, 15) is 10.0 Å². The average molecular weight is 219 g/mol. The van der Waals surface area contributed by atoms with Gasteiger partial charge in [0.25, 0.3) is 0 Å². The summed E-state index contributed by atoms with van der Waals surface area (Å²) in [6, 6.07) is 5.70. The molecule has 5 heteroatoms. The van der Waals surface area contributed by atoms with Gasteiger partial charge in [-0.1, -0.05) is 6.07 Å². The molecule has 0 spiro atoms. The van der Waals surface area contributed by atoms with Crippen LogP contribution in [0.4, 0.5) is 0 Å². The highest BCUT2D eigenvalue weighted by molar-refractivity contribution is 7.98. The van der Waals surface area contributed by atoms with Crippen molar-refractivity contribution in [3.8, 4) is 0 Å². The predicted molar refractivity (Wildman–Crippen MR) is 63.3 cm³/mol. The summed E-state index contributed by atoms with van der Waals surface area (Å²) in [6.45, 7) is 0. The normalized spacial score (nSPS) is 10.6. The van der Waals surface area contributed by atoms with Crippen molar-refractivity contribution in [1.82, 2.24) is 4.98 Å². The molecule has 0 bridgehead atoms. The number of hydrogen-bond acceptors (Lipinski definition) is 4. The zero-order valence-corrected chi connectivity index (χ0v) is 9.03. The van der Waals surface area contributed by atoms with Crippen molar-refractivity contribution < 1.29 is 10.0 Å². The lowest BCUT2D eigenvalue weighted by Crippen LogP contribution is -2.32. The van der Waals surface area contributed by atoms with Crippen LogP contribution in [0.3, 0.4) is 0 Å². The summed E-state index contributed by atoms with van der Waals surface area (Å²) < 4.78 is 0. The molecule has 0 unspecified atom stereocenters. The van der Waals surface area contributed by atoms with Gasteiger partial charge >= 0.3 is 7.12 Å². The molecule has 2 aromatic rings. The Morgan fingerprint density at radius 1 is 1.27 bits per heavy atom. The summed E-state index contributed by atoms with van der Waals surface area (Å²) in [6.07, 6.45) is 5.25. The molecule has 0 aliphatic heterocycles. The summed E-state index contributed by atoms with van der Waals surface area (Å²) in [4.78, 5) is 4.87. The predicted octanol–water partition coefficient (Wildman–Crippen LogP) is 0.636. The second kappa shape index (κ2) is 4.22. The average Bonchev–Trinajstić information content (AvgIpc) is 2.27. The molecule has 3 nitrogen and oxygen atoms in total. The largest absolute Gasteiger partial charge is 0.490 e. The molecule has 0 saturated carbocycles. The Kier molecular flexibility index (Phi) is 2.95. The highest BCUT2D eigenvalue weighted by Gasteiger charge is 2.18. The van der Waals surface area contributed by atoms with Gasteiger partial charge in [0.05, 0.1) is 0 Å². The number of hydrogen-bond donors (Lipinski definition) is 2. The van der Waals surface area contributed by atoms with Crippen molar-refractivity contribution in [3.63, 3.8) is 0 Å². The van der Waals surface area contributed by atoms with Crippen LogP contribution < -0.4 is 5.46 Å². The maximum atomic E-state index is 9.35. The number of aromatic nitrogens is 1. The van der Waals surface area contributed by atoms with Crippen LogP contribution in [0.15, 0.2) is 35.5 Å². The Morgan fingerprint density at radius 2 is 2.07 bits per heavy atom. The fourth-order valence-corrected chi connectivity index (χ4v) is 2.25. The number of nitrogens with zero attached hydrogens (tertiary/aromatic N) is 1. The SMILES string of the molecule is CSc1ccc2ccncc2c1B(O)O. The minimum absolute atomic E-state index is 0.535. The van der Waals surface area contributed by atoms with E-state index in [4.69, 9.17) is 0 Å². The van der Waals surface area contributed by atoms with Gasteiger partial charge < -0.3 is 10.0 Å². The summed E-state index contributed by atoms with van der Waals surface area (Å²) in [5, 5.41) is 20.5. The van der Waals surface area contributed by atoms with Crippen LogP contribution in [0.5, 0.6) is 0 Å². The van der Waals surface area contributed by atoms with Crippen LogP contribution in [-0.4, -0.2) is 28.4 Å². The number of thioether (sulfide) groups is 1. The maximum Gasteiger partial charge on any atom is 0.490 e. The van der Waals surface area contributed by atoms with Gasteiger partial charge in [0, 0.05) is 28.1 Å². The number of benzene rings is 1. The third-order valence-corrected chi connectivity index (χ3v) is 3.10. The van der Waals surface area contributed by atoms with Gasteiger partial charge in [0.2, 0.25) is 0 Å². The molecule has 1 aromatic heterocycles. The first kappa shape index (κ1) is 10.5. The molecular weight excluding hydrogens is 209 g/mol. The van der Waals surface area contributed by atoms with Gasteiger partial charge in [-0.25, -0.2) is 0 Å². The van der Waals surface area contributed by atoms with Crippen LogP contribution in [0.25, 0.3) is 10.8 Å². The van der Waals surface area contributed by atoms with Gasteiger partial charge in [0.15, 0.2) is 0 Å². The van der Waals surface area contributed by atoms with Crippen molar-refractivity contribution in [2.24, 2.45) is 0 Å². The van der Waals surface area contributed by atoms with Gasteiger partial charge in [-0.05, 0) is 23.8 Å². The molecule has 0 saturated heterocycles. The molecule has 1 heterocycles. The van der Waals surface area contributed by atoms with Gasteiger partial charge in [0.1, 0.15) is 0 Å². The van der Waals surface area contributed by atoms with Gasteiger partial charge in [-0.2, -0.15) is 0 Å². The van der Waals surface area contributed by atoms with Crippen LogP contribution >= 0.6 is 11.8 Å². The van der Waals surface area contributed by atoms with Crippen LogP contribution in [-0.2, 0) is 0 Å². The van der Waals surface area contributed by atoms with E-state index < -0.39 is 7.12 Å². The molecule has 15 heavy (non-hydrogen) atoms. The second-order valence-electron chi connectivity index (χ2n) is 3.15. The number of fused-ring (bicyclic) bond motifs is 1. The minimum atomic E-state index is -1.46. The third kappa shape index (κ3) is 1.86. The molecule has 0 radical (unpaired) electrons. The van der Waals surface area contributed by atoms with Crippen molar-refractivity contribution in [2.45, 2.75) is 4.90 Å². The second-order valence-corrected chi connectivity index (χ2v) is 4.00. The van der Waals surface area contributed by atoms with Crippen molar-refractivity contribution in [1.29, 1.82) is 0 Å². The van der Waals surface area contributed by atoms with E-state index in [0.29, 0.717) is 5.46 Å². The number of rotatable bonds is 2. The molecule has 0 amide bonds. The molecule has 0 atom stereocenters. The van der Waals surface area contributed by atoms with E-state index in [1.807, 2.05) is 24.5 Å². The van der Waals surface area contributed by atoms with Crippen LogP contribution in [0, 0.1) is 0 Å². The van der Waals surface area contributed by atoms with Gasteiger partial charge in [-0.15, -0.1) is 11.8 Å². The van der Waals surface area contributed by atoms with Crippen molar-refractivity contribution in [3.05, 3.63) is 30.6 Å². The maximum absolute atomic E-state index is 9.35. The molecule has 2 rings (SSSR count). The molecule has 2 N–H and O–H groups in total. The molecule has 76 valence electrons. The summed E-state index contributed by atoms with van der Waals surface area (Å²) in [7, 11) is -1.46. The molecule has 0 fully saturated rings. The number of pyridine rings is 1. The van der Waals surface area contributed by atoms with Crippen LogP contribution in [0.2, 0.25) is 0 Å². The molecule has 0 aliphatic carbocycles. The highest BCUT2D eigenvalue weighted by Crippen LogP contribution is 2.19. The summed E-state index contributed by atoms with van der Waals surface area (Å²) in [5.74, 6) is 0. The first-order valence-electron chi connectivity index (χ1n) is 4.51. The zero-order valence-electron chi connectivity index (χ0n) is 8.21. The Balaban J connectivity index is 2.79. The Labute approximate surface area is 92.3 Å². The monoisotopic (exact) mass is 219 g/mol. The minimum Gasteiger partial charge on any atom is -0.423 e. The van der Waals surface area contributed by atoms with Gasteiger partial charge in [-0.3, -0.25) is 4.98 Å². The van der Waals surface area contributed by atoms with E-state index >= 15 is 0 Å². The fraction of sp³-hybridized carbons (Fsp3) is 0.100. The Morgan fingerprint density at radius 3 is 2.73 bits per heavy atom. The lowest BCUT2D eigenvalue weighted by molar-refractivity contribution is 0.425. The van der Waals surface area contributed by atoms with Crippen LogP contribution in [0.1, 0.15) is 0 Å².